The van der Waals surface area contributed by atoms with Crippen LogP contribution in [0.1, 0.15) is 51.3 Å². The standard InChI is InChI=1S/C15H22N2O/c1-5-8-17(11(2)3)15-9-13(10-16)6-7-14(15)12(4)18/h6-7,9,11-12,18H,5,8H2,1-4H3/t12-/m1/s1. The van der Waals surface area contributed by atoms with Crippen molar-refractivity contribution in [1.29, 1.82) is 5.26 Å². The lowest BCUT2D eigenvalue weighted by atomic mass is 10.0. The first-order valence-corrected chi connectivity index (χ1v) is 6.50. The molecule has 0 fully saturated rings. The SMILES string of the molecule is CCCN(c1cc(C#N)ccc1[C@@H](C)O)C(C)C. The normalized spacial score (nSPS) is 12.3. The van der Waals surface area contributed by atoms with E-state index in [2.05, 4.69) is 31.7 Å². The lowest BCUT2D eigenvalue weighted by Gasteiger charge is -2.31. The van der Waals surface area contributed by atoms with Crippen LogP contribution in [0, 0.1) is 11.3 Å². The molecule has 1 atom stereocenters. The van der Waals surface area contributed by atoms with Gasteiger partial charge in [-0.1, -0.05) is 13.0 Å². The smallest absolute Gasteiger partial charge is 0.0992 e. The number of aliphatic hydroxyl groups excluding tert-OH is 1. The van der Waals surface area contributed by atoms with Gasteiger partial charge in [-0.05, 0) is 39.3 Å². The van der Waals surface area contributed by atoms with Crippen LogP contribution in [-0.2, 0) is 0 Å². The van der Waals surface area contributed by atoms with Crippen LogP contribution in [0.15, 0.2) is 18.2 Å². The van der Waals surface area contributed by atoms with Crippen LogP contribution in [0.5, 0.6) is 0 Å². The molecule has 0 amide bonds. The minimum Gasteiger partial charge on any atom is -0.389 e. The van der Waals surface area contributed by atoms with Gasteiger partial charge in [-0.25, -0.2) is 0 Å². The van der Waals surface area contributed by atoms with E-state index in [1.807, 2.05) is 12.1 Å². The van der Waals surface area contributed by atoms with Crippen LogP contribution in [0.3, 0.4) is 0 Å². The first kappa shape index (κ1) is 14.5. The Kier molecular flexibility index (Phi) is 5.18. The molecule has 1 aromatic rings. The monoisotopic (exact) mass is 246 g/mol. The summed E-state index contributed by atoms with van der Waals surface area (Å²) in [5.74, 6) is 0. The van der Waals surface area contributed by atoms with Crippen molar-refractivity contribution in [3.63, 3.8) is 0 Å². The third-order valence-electron chi connectivity index (χ3n) is 3.01. The van der Waals surface area contributed by atoms with E-state index in [1.54, 1.807) is 13.0 Å². The summed E-state index contributed by atoms with van der Waals surface area (Å²) in [4.78, 5) is 2.24. The van der Waals surface area contributed by atoms with E-state index in [1.165, 1.54) is 0 Å². The third-order valence-corrected chi connectivity index (χ3v) is 3.01. The Hall–Kier alpha value is -1.53. The maximum absolute atomic E-state index is 9.86. The quantitative estimate of drug-likeness (QED) is 0.867. The van der Waals surface area contributed by atoms with Gasteiger partial charge in [-0.2, -0.15) is 5.26 Å². The van der Waals surface area contributed by atoms with E-state index in [-0.39, 0.29) is 0 Å². The predicted octanol–water partition coefficient (Wildman–Crippen LogP) is 3.24. The van der Waals surface area contributed by atoms with Gasteiger partial charge < -0.3 is 10.0 Å². The Morgan fingerprint density at radius 3 is 2.44 bits per heavy atom. The molecule has 3 heteroatoms. The maximum Gasteiger partial charge on any atom is 0.0992 e. The number of hydrogen-bond acceptors (Lipinski definition) is 3. The van der Waals surface area contributed by atoms with Gasteiger partial charge in [0.25, 0.3) is 0 Å². The van der Waals surface area contributed by atoms with Crippen LogP contribution in [-0.4, -0.2) is 17.7 Å². The summed E-state index contributed by atoms with van der Waals surface area (Å²) in [6.45, 7) is 9.06. The molecule has 1 N–H and O–H groups in total. The molecule has 0 unspecified atom stereocenters. The molecule has 98 valence electrons. The van der Waals surface area contributed by atoms with Crippen LogP contribution in [0.2, 0.25) is 0 Å². The molecule has 1 rings (SSSR count). The summed E-state index contributed by atoms with van der Waals surface area (Å²) in [5.41, 5.74) is 2.49. The van der Waals surface area contributed by atoms with Gasteiger partial charge in [-0.3, -0.25) is 0 Å². The fourth-order valence-electron chi connectivity index (χ4n) is 2.11. The predicted molar refractivity (Wildman–Crippen MR) is 74.6 cm³/mol. The topological polar surface area (TPSA) is 47.3 Å². The lowest BCUT2D eigenvalue weighted by Crippen LogP contribution is -2.32. The molecule has 18 heavy (non-hydrogen) atoms. The zero-order valence-electron chi connectivity index (χ0n) is 11.6. The molecule has 0 radical (unpaired) electrons. The molecule has 0 bridgehead atoms. The van der Waals surface area contributed by atoms with E-state index in [9.17, 15) is 5.11 Å². The Balaban J connectivity index is 3.28. The zero-order valence-corrected chi connectivity index (χ0v) is 11.6. The van der Waals surface area contributed by atoms with Crippen molar-refractivity contribution in [2.45, 2.75) is 46.3 Å². The largest absolute Gasteiger partial charge is 0.389 e. The summed E-state index contributed by atoms with van der Waals surface area (Å²) in [5, 5.41) is 18.9. The van der Waals surface area contributed by atoms with Gasteiger partial charge in [0.15, 0.2) is 0 Å². The number of hydrogen-bond donors (Lipinski definition) is 1. The Bertz CT molecular complexity index is 433. The van der Waals surface area contributed by atoms with Crippen LogP contribution in [0.4, 0.5) is 5.69 Å². The van der Waals surface area contributed by atoms with Crippen LogP contribution >= 0.6 is 0 Å². The van der Waals surface area contributed by atoms with Crippen molar-refractivity contribution in [2.24, 2.45) is 0 Å². The molecule has 0 saturated carbocycles. The van der Waals surface area contributed by atoms with E-state index in [4.69, 9.17) is 5.26 Å². The molecular formula is C15H22N2O. The lowest BCUT2D eigenvalue weighted by molar-refractivity contribution is 0.199. The van der Waals surface area contributed by atoms with Crippen molar-refractivity contribution in [3.05, 3.63) is 29.3 Å². The van der Waals surface area contributed by atoms with E-state index in [0.717, 1.165) is 24.2 Å². The number of rotatable bonds is 5. The minimum absolute atomic E-state index is 0.344. The summed E-state index contributed by atoms with van der Waals surface area (Å²) >= 11 is 0. The summed E-state index contributed by atoms with van der Waals surface area (Å²) in [7, 11) is 0. The number of aliphatic hydroxyl groups is 1. The van der Waals surface area contributed by atoms with E-state index >= 15 is 0 Å². The molecule has 0 aliphatic carbocycles. The van der Waals surface area contributed by atoms with Crippen molar-refractivity contribution in [1.82, 2.24) is 0 Å². The first-order valence-electron chi connectivity index (χ1n) is 6.50. The van der Waals surface area contributed by atoms with Crippen molar-refractivity contribution in [2.75, 3.05) is 11.4 Å². The Morgan fingerprint density at radius 2 is 2.00 bits per heavy atom. The number of nitrogens with zero attached hydrogens (tertiary/aromatic N) is 2. The van der Waals surface area contributed by atoms with Gasteiger partial charge >= 0.3 is 0 Å². The third kappa shape index (κ3) is 3.24. The fraction of sp³-hybridized carbons (Fsp3) is 0.533. The maximum atomic E-state index is 9.86. The molecular weight excluding hydrogens is 224 g/mol. The van der Waals surface area contributed by atoms with Gasteiger partial charge in [0.2, 0.25) is 0 Å². The molecule has 0 saturated heterocycles. The summed E-state index contributed by atoms with van der Waals surface area (Å²) < 4.78 is 0. The van der Waals surface area contributed by atoms with Gasteiger partial charge in [-0.15, -0.1) is 0 Å². The van der Waals surface area contributed by atoms with E-state index < -0.39 is 6.10 Å². The second-order valence-electron chi connectivity index (χ2n) is 4.85. The highest BCUT2D eigenvalue weighted by molar-refractivity contribution is 5.59. The highest BCUT2D eigenvalue weighted by atomic mass is 16.3. The highest BCUT2D eigenvalue weighted by Crippen LogP contribution is 2.29. The molecule has 0 heterocycles. The van der Waals surface area contributed by atoms with Gasteiger partial charge in [0.1, 0.15) is 0 Å². The van der Waals surface area contributed by atoms with Crippen molar-refractivity contribution in [3.8, 4) is 6.07 Å². The summed E-state index contributed by atoms with van der Waals surface area (Å²) in [6.07, 6.45) is 0.514. The molecule has 0 aliphatic heterocycles. The summed E-state index contributed by atoms with van der Waals surface area (Å²) in [6, 6.07) is 7.99. The van der Waals surface area contributed by atoms with Crippen LogP contribution < -0.4 is 4.90 Å². The number of nitriles is 1. The average molecular weight is 246 g/mol. The number of anilines is 1. The first-order chi connectivity index (χ1) is 8.51. The van der Waals surface area contributed by atoms with Gasteiger partial charge in [0.05, 0.1) is 17.7 Å². The molecule has 0 aliphatic rings. The van der Waals surface area contributed by atoms with Crippen molar-refractivity contribution >= 4 is 5.69 Å². The van der Waals surface area contributed by atoms with Crippen LogP contribution in [0.25, 0.3) is 0 Å². The molecule has 0 aromatic heterocycles. The second-order valence-corrected chi connectivity index (χ2v) is 4.85. The molecule has 1 aromatic carbocycles. The fourth-order valence-corrected chi connectivity index (χ4v) is 2.11. The Morgan fingerprint density at radius 1 is 1.33 bits per heavy atom. The molecule has 0 spiro atoms. The second kappa shape index (κ2) is 6.42. The van der Waals surface area contributed by atoms with Crippen molar-refractivity contribution < 1.29 is 5.11 Å². The Labute approximate surface area is 110 Å². The number of benzene rings is 1. The van der Waals surface area contributed by atoms with E-state index in [0.29, 0.717) is 11.6 Å². The highest BCUT2D eigenvalue weighted by Gasteiger charge is 2.17. The average Bonchev–Trinajstić information content (AvgIpc) is 2.34. The zero-order chi connectivity index (χ0) is 13.7. The molecule has 3 nitrogen and oxygen atoms in total. The van der Waals surface area contributed by atoms with Gasteiger partial charge in [0, 0.05) is 23.8 Å². The minimum atomic E-state index is -0.522.